The Kier molecular flexibility index (Phi) is 4.68. The number of methoxy groups -OCH3 is 1. The van der Waals surface area contributed by atoms with E-state index in [4.69, 9.17) is 4.74 Å². The van der Waals surface area contributed by atoms with Gasteiger partial charge in [0.25, 0.3) is 0 Å². The lowest BCUT2D eigenvalue weighted by Crippen LogP contribution is -2.18. The fraction of sp³-hybridized carbons (Fsp3) is 0.562. The Morgan fingerprint density at radius 1 is 1.55 bits per heavy atom. The molecule has 4 nitrogen and oxygen atoms in total. The third-order valence-electron chi connectivity index (χ3n) is 4.15. The predicted octanol–water partition coefficient (Wildman–Crippen LogP) is 3.86. The zero-order chi connectivity index (χ0) is 15.7. The molecule has 118 valence electrons. The third kappa shape index (κ3) is 2.86. The zero-order valence-electron chi connectivity index (χ0n) is 13.1. The molecule has 0 saturated heterocycles. The maximum atomic E-state index is 11.9. The molecule has 2 heterocycles. The van der Waals surface area contributed by atoms with Crippen molar-refractivity contribution in [3.05, 3.63) is 16.8 Å². The van der Waals surface area contributed by atoms with E-state index in [1.54, 1.807) is 17.7 Å². The van der Waals surface area contributed by atoms with Crippen molar-refractivity contribution in [2.45, 2.75) is 49.8 Å². The molecule has 2 aromatic heterocycles. The summed E-state index contributed by atoms with van der Waals surface area (Å²) in [6, 6.07) is 0. The van der Waals surface area contributed by atoms with E-state index in [9.17, 15) is 4.79 Å². The van der Waals surface area contributed by atoms with Crippen molar-refractivity contribution < 1.29 is 9.53 Å². The minimum atomic E-state index is -0.207. The molecule has 0 bridgehead atoms. The maximum Gasteiger partial charge on any atom is 0.319 e. The molecule has 0 amide bonds. The van der Waals surface area contributed by atoms with Crippen LogP contribution in [-0.2, 0) is 22.4 Å². The van der Waals surface area contributed by atoms with Gasteiger partial charge in [-0.05, 0) is 37.2 Å². The summed E-state index contributed by atoms with van der Waals surface area (Å²) < 4.78 is 4.90. The number of nitrogens with zero attached hydrogens (tertiary/aromatic N) is 2. The Morgan fingerprint density at radius 3 is 3.09 bits per heavy atom. The number of thiophene rings is 1. The van der Waals surface area contributed by atoms with Crippen molar-refractivity contribution >= 4 is 39.3 Å². The average Bonchev–Trinajstić information content (AvgIpc) is 2.89. The molecular weight excluding hydrogens is 316 g/mol. The fourth-order valence-electron chi connectivity index (χ4n) is 2.90. The number of ether oxygens (including phenoxy) is 1. The molecule has 22 heavy (non-hydrogen) atoms. The van der Waals surface area contributed by atoms with Gasteiger partial charge in [0.2, 0.25) is 0 Å². The standard InChI is InChI=1S/C16H20N2O2S2/c1-4-11(16(19)20-3)21-14-13-10-6-5-9(2)7-12(10)22-15(13)18-8-17-14/h8-9,11H,4-7H2,1-3H3/t9-,11-/m1/s1. The SMILES string of the molecule is CC[C@@H](Sc1ncnc2sc3c(c12)CC[C@@H](C)C3)C(=O)OC. The number of thioether (sulfide) groups is 1. The Bertz CT molecular complexity index is 699. The molecule has 0 saturated carbocycles. The van der Waals surface area contributed by atoms with Gasteiger partial charge in [-0.3, -0.25) is 4.79 Å². The summed E-state index contributed by atoms with van der Waals surface area (Å²) in [6.07, 6.45) is 5.78. The van der Waals surface area contributed by atoms with E-state index in [2.05, 4.69) is 16.9 Å². The number of aromatic nitrogens is 2. The predicted molar refractivity (Wildman–Crippen MR) is 90.6 cm³/mol. The van der Waals surface area contributed by atoms with E-state index in [-0.39, 0.29) is 11.2 Å². The molecule has 6 heteroatoms. The first-order valence-corrected chi connectivity index (χ1v) is 9.33. The smallest absolute Gasteiger partial charge is 0.319 e. The minimum absolute atomic E-state index is 0.183. The normalized spacial score (nSPS) is 19.0. The summed E-state index contributed by atoms with van der Waals surface area (Å²) in [6.45, 7) is 4.30. The van der Waals surface area contributed by atoms with Crippen LogP contribution in [0.25, 0.3) is 10.2 Å². The van der Waals surface area contributed by atoms with Crippen LogP contribution in [0, 0.1) is 5.92 Å². The van der Waals surface area contributed by atoms with E-state index in [0.29, 0.717) is 0 Å². The lowest BCUT2D eigenvalue weighted by Gasteiger charge is -2.18. The monoisotopic (exact) mass is 336 g/mol. The van der Waals surface area contributed by atoms with Crippen molar-refractivity contribution in [2.24, 2.45) is 5.92 Å². The van der Waals surface area contributed by atoms with Crippen molar-refractivity contribution in [2.75, 3.05) is 7.11 Å². The van der Waals surface area contributed by atoms with Crippen LogP contribution >= 0.6 is 23.1 Å². The van der Waals surface area contributed by atoms with Gasteiger partial charge in [-0.1, -0.05) is 25.6 Å². The summed E-state index contributed by atoms with van der Waals surface area (Å²) in [5.74, 6) is 0.556. The molecule has 0 N–H and O–H groups in total. The molecule has 0 radical (unpaired) electrons. The number of carbonyl (C=O) groups is 1. The largest absolute Gasteiger partial charge is 0.468 e. The summed E-state index contributed by atoms with van der Waals surface area (Å²) in [5, 5.41) is 1.89. The van der Waals surface area contributed by atoms with Crippen LogP contribution in [-0.4, -0.2) is 28.3 Å². The highest BCUT2D eigenvalue weighted by Crippen LogP contribution is 2.41. The second kappa shape index (κ2) is 6.54. The van der Waals surface area contributed by atoms with Crippen molar-refractivity contribution in [3.8, 4) is 0 Å². The Balaban J connectivity index is 2.01. The quantitative estimate of drug-likeness (QED) is 0.482. The van der Waals surface area contributed by atoms with Crippen LogP contribution in [0.1, 0.15) is 37.1 Å². The van der Waals surface area contributed by atoms with Gasteiger partial charge in [0.1, 0.15) is 21.4 Å². The molecule has 0 unspecified atom stereocenters. The van der Waals surface area contributed by atoms with Gasteiger partial charge >= 0.3 is 5.97 Å². The average molecular weight is 336 g/mol. The first kappa shape index (κ1) is 15.7. The van der Waals surface area contributed by atoms with Gasteiger partial charge in [-0.15, -0.1) is 11.3 Å². The van der Waals surface area contributed by atoms with Gasteiger partial charge in [0.15, 0.2) is 0 Å². The van der Waals surface area contributed by atoms with Gasteiger partial charge in [0.05, 0.1) is 7.11 Å². The molecule has 2 atom stereocenters. The summed E-state index contributed by atoms with van der Waals surface area (Å²) in [5.41, 5.74) is 1.40. The molecule has 0 spiro atoms. The summed E-state index contributed by atoms with van der Waals surface area (Å²) >= 11 is 3.30. The highest BCUT2D eigenvalue weighted by molar-refractivity contribution is 8.00. The van der Waals surface area contributed by atoms with Crippen LogP contribution in [0.15, 0.2) is 11.4 Å². The topological polar surface area (TPSA) is 52.1 Å². The van der Waals surface area contributed by atoms with Crippen molar-refractivity contribution in [1.29, 1.82) is 0 Å². The third-order valence-corrected chi connectivity index (χ3v) is 6.65. The number of hydrogen-bond donors (Lipinski definition) is 0. The van der Waals surface area contributed by atoms with Crippen molar-refractivity contribution in [3.63, 3.8) is 0 Å². The Hall–Kier alpha value is -1.14. The molecule has 0 fully saturated rings. The molecule has 2 aromatic rings. The number of aryl methyl sites for hydroxylation is 1. The fourth-order valence-corrected chi connectivity index (χ4v) is 5.39. The maximum absolute atomic E-state index is 11.9. The summed E-state index contributed by atoms with van der Waals surface area (Å²) in [7, 11) is 1.44. The highest BCUT2D eigenvalue weighted by atomic mass is 32.2. The number of fused-ring (bicyclic) bond motifs is 3. The van der Waals surface area contributed by atoms with Crippen LogP contribution in [0.5, 0.6) is 0 Å². The van der Waals surface area contributed by atoms with Gasteiger partial charge in [0, 0.05) is 10.3 Å². The first-order valence-electron chi connectivity index (χ1n) is 7.63. The van der Waals surface area contributed by atoms with E-state index >= 15 is 0 Å². The molecule has 3 rings (SSSR count). The Labute approximate surface area is 138 Å². The number of hydrogen-bond acceptors (Lipinski definition) is 6. The minimum Gasteiger partial charge on any atom is -0.468 e. The van der Waals surface area contributed by atoms with Gasteiger partial charge in [-0.25, -0.2) is 9.97 Å². The number of carbonyl (C=O) groups excluding carboxylic acids is 1. The number of esters is 1. The first-order chi connectivity index (χ1) is 10.6. The number of rotatable bonds is 4. The van der Waals surface area contributed by atoms with Gasteiger partial charge in [-0.2, -0.15) is 0 Å². The Morgan fingerprint density at radius 2 is 2.36 bits per heavy atom. The summed E-state index contributed by atoms with van der Waals surface area (Å²) in [4.78, 5) is 23.3. The van der Waals surface area contributed by atoms with E-state index < -0.39 is 0 Å². The lowest BCUT2D eigenvalue weighted by atomic mass is 9.89. The van der Waals surface area contributed by atoms with Crippen LogP contribution in [0.3, 0.4) is 0 Å². The van der Waals surface area contributed by atoms with Crippen LogP contribution in [0.2, 0.25) is 0 Å². The lowest BCUT2D eigenvalue weighted by molar-refractivity contribution is -0.140. The molecule has 0 aromatic carbocycles. The van der Waals surface area contributed by atoms with Crippen LogP contribution in [0.4, 0.5) is 0 Å². The highest BCUT2D eigenvalue weighted by Gasteiger charge is 2.26. The van der Waals surface area contributed by atoms with E-state index in [1.807, 2.05) is 6.92 Å². The zero-order valence-corrected chi connectivity index (χ0v) is 14.7. The molecule has 1 aliphatic carbocycles. The second-order valence-corrected chi connectivity index (χ2v) is 8.02. The van der Waals surface area contributed by atoms with Crippen LogP contribution < -0.4 is 0 Å². The molecule has 1 aliphatic rings. The van der Waals surface area contributed by atoms with E-state index in [1.165, 1.54) is 41.1 Å². The van der Waals surface area contributed by atoms with Crippen molar-refractivity contribution in [1.82, 2.24) is 9.97 Å². The molecule has 0 aliphatic heterocycles. The second-order valence-electron chi connectivity index (χ2n) is 5.75. The van der Waals surface area contributed by atoms with Gasteiger partial charge < -0.3 is 4.74 Å². The molecular formula is C16H20N2O2S2. The van der Waals surface area contributed by atoms with E-state index in [0.717, 1.165) is 35.0 Å².